The summed E-state index contributed by atoms with van der Waals surface area (Å²) in [7, 11) is 0. The number of aromatic nitrogens is 2. The molecule has 0 saturated carbocycles. The van der Waals surface area contributed by atoms with E-state index in [1.165, 1.54) is 0 Å². The molecule has 3 nitrogen and oxygen atoms in total. The van der Waals surface area contributed by atoms with Crippen LogP contribution in [0.15, 0.2) is 37.0 Å². The number of pyridine rings is 1. The van der Waals surface area contributed by atoms with Gasteiger partial charge in [-0.1, -0.05) is 12.6 Å². The summed E-state index contributed by atoms with van der Waals surface area (Å²) >= 11 is 0. The molecule has 2 rings (SSSR count). The third kappa shape index (κ3) is 0.955. The molecule has 2 heterocycles. The van der Waals surface area contributed by atoms with Gasteiger partial charge in [-0.3, -0.25) is 0 Å². The number of hydrogen-bond donors (Lipinski definition) is 1. The second-order valence-electron chi connectivity index (χ2n) is 2.62. The fourth-order valence-electron chi connectivity index (χ4n) is 1.10. The molecule has 2 N–H and O–H groups in total. The summed E-state index contributed by atoms with van der Waals surface area (Å²) in [5.74, 6) is 0. The smallest absolute Gasteiger partial charge is 0.108 e. The SMILES string of the molecule is C=C(N)c1cc2ccccn2n1. The van der Waals surface area contributed by atoms with E-state index >= 15 is 0 Å². The summed E-state index contributed by atoms with van der Waals surface area (Å²) in [6.07, 6.45) is 1.88. The molecule has 0 bridgehead atoms. The average molecular weight is 159 g/mol. The first-order valence-corrected chi connectivity index (χ1v) is 3.66. The molecule has 2 aromatic heterocycles. The van der Waals surface area contributed by atoms with Crippen LogP contribution < -0.4 is 5.73 Å². The van der Waals surface area contributed by atoms with Crippen LogP contribution in [0.5, 0.6) is 0 Å². The topological polar surface area (TPSA) is 43.3 Å². The van der Waals surface area contributed by atoms with Crippen molar-refractivity contribution in [3.63, 3.8) is 0 Å². The highest BCUT2D eigenvalue weighted by Gasteiger charge is 1.99. The van der Waals surface area contributed by atoms with Crippen molar-refractivity contribution in [2.24, 2.45) is 5.73 Å². The predicted molar refractivity (Wildman–Crippen MR) is 48.4 cm³/mol. The molecule has 0 amide bonds. The van der Waals surface area contributed by atoms with Crippen LogP contribution >= 0.6 is 0 Å². The fraction of sp³-hybridized carbons (Fsp3) is 0. The van der Waals surface area contributed by atoms with E-state index in [1.807, 2.05) is 30.5 Å². The van der Waals surface area contributed by atoms with Crippen LogP contribution in [-0.2, 0) is 0 Å². The standard InChI is InChI=1S/C9H9N3/c1-7(10)9-6-8-4-2-3-5-12(8)11-9/h2-6H,1,10H2. The highest BCUT2D eigenvalue weighted by molar-refractivity contribution is 5.62. The van der Waals surface area contributed by atoms with E-state index in [1.54, 1.807) is 4.52 Å². The van der Waals surface area contributed by atoms with Gasteiger partial charge in [-0.2, -0.15) is 5.10 Å². The minimum Gasteiger partial charge on any atom is -0.397 e. The molecule has 3 heteroatoms. The average Bonchev–Trinajstić information content (AvgIpc) is 2.46. The van der Waals surface area contributed by atoms with Crippen LogP contribution in [0.4, 0.5) is 0 Å². The van der Waals surface area contributed by atoms with Gasteiger partial charge in [-0.05, 0) is 18.2 Å². The lowest BCUT2D eigenvalue weighted by Gasteiger charge is -1.88. The maximum absolute atomic E-state index is 5.51. The van der Waals surface area contributed by atoms with E-state index in [-0.39, 0.29) is 0 Å². The highest BCUT2D eigenvalue weighted by Crippen LogP contribution is 2.08. The van der Waals surface area contributed by atoms with Gasteiger partial charge in [0.25, 0.3) is 0 Å². The molecule has 0 aromatic carbocycles. The zero-order valence-corrected chi connectivity index (χ0v) is 6.57. The number of fused-ring (bicyclic) bond motifs is 1. The van der Waals surface area contributed by atoms with Gasteiger partial charge in [-0.15, -0.1) is 0 Å². The van der Waals surface area contributed by atoms with Crippen LogP contribution in [0.1, 0.15) is 5.69 Å². The Morgan fingerprint density at radius 1 is 1.50 bits per heavy atom. The zero-order valence-electron chi connectivity index (χ0n) is 6.57. The van der Waals surface area contributed by atoms with Crippen LogP contribution in [0.25, 0.3) is 11.2 Å². The van der Waals surface area contributed by atoms with E-state index < -0.39 is 0 Å². The molecule has 0 unspecified atom stereocenters. The quantitative estimate of drug-likeness (QED) is 0.680. The number of hydrogen-bond acceptors (Lipinski definition) is 2. The van der Waals surface area contributed by atoms with Crippen LogP contribution in [0.2, 0.25) is 0 Å². The van der Waals surface area contributed by atoms with E-state index in [9.17, 15) is 0 Å². The second-order valence-corrected chi connectivity index (χ2v) is 2.62. The Balaban J connectivity index is 2.70. The van der Waals surface area contributed by atoms with Crippen LogP contribution in [0, 0.1) is 0 Å². The molecule has 0 radical (unpaired) electrons. The summed E-state index contributed by atoms with van der Waals surface area (Å²) < 4.78 is 1.77. The third-order valence-corrected chi connectivity index (χ3v) is 1.70. The Morgan fingerprint density at radius 2 is 2.33 bits per heavy atom. The maximum atomic E-state index is 5.51. The van der Waals surface area contributed by atoms with Crippen molar-refractivity contribution >= 4 is 11.2 Å². The molecule has 0 spiro atoms. The van der Waals surface area contributed by atoms with Gasteiger partial charge in [0.05, 0.1) is 11.2 Å². The molecular weight excluding hydrogens is 150 g/mol. The van der Waals surface area contributed by atoms with Crippen molar-refractivity contribution < 1.29 is 0 Å². The summed E-state index contributed by atoms with van der Waals surface area (Å²) in [5, 5.41) is 4.20. The van der Waals surface area contributed by atoms with Crippen molar-refractivity contribution in [1.29, 1.82) is 0 Å². The first-order valence-electron chi connectivity index (χ1n) is 3.66. The minimum atomic E-state index is 0.499. The number of nitrogens with two attached hydrogens (primary N) is 1. The lowest BCUT2D eigenvalue weighted by Crippen LogP contribution is -1.94. The molecular formula is C9H9N3. The molecule has 12 heavy (non-hydrogen) atoms. The summed E-state index contributed by atoms with van der Waals surface area (Å²) in [6, 6.07) is 7.75. The first-order chi connectivity index (χ1) is 5.77. The van der Waals surface area contributed by atoms with Gasteiger partial charge in [0.1, 0.15) is 5.69 Å². The van der Waals surface area contributed by atoms with Gasteiger partial charge in [0, 0.05) is 6.20 Å². The van der Waals surface area contributed by atoms with Gasteiger partial charge >= 0.3 is 0 Å². The second kappa shape index (κ2) is 2.37. The molecule has 0 saturated heterocycles. The summed E-state index contributed by atoms with van der Waals surface area (Å²) in [4.78, 5) is 0. The molecule has 0 fully saturated rings. The van der Waals surface area contributed by atoms with E-state index in [4.69, 9.17) is 5.73 Å². The van der Waals surface area contributed by atoms with E-state index in [0.717, 1.165) is 11.2 Å². The summed E-state index contributed by atoms with van der Waals surface area (Å²) in [5.41, 5.74) is 7.77. The van der Waals surface area contributed by atoms with Crippen LogP contribution in [0.3, 0.4) is 0 Å². The minimum absolute atomic E-state index is 0.499. The Morgan fingerprint density at radius 3 is 3.00 bits per heavy atom. The lowest BCUT2D eigenvalue weighted by molar-refractivity contribution is 0.949. The molecule has 0 aliphatic heterocycles. The molecule has 0 atom stereocenters. The zero-order chi connectivity index (χ0) is 8.55. The van der Waals surface area contributed by atoms with Crippen molar-refractivity contribution in [2.45, 2.75) is 0 Å². The molecule has 0 aliphatic rings. The maximum Gasteiger partial charge on any atom is 0.108 e. The lowest BCUT2D eigenvalue weighted by atomic mass is 10.3. The van der Waals surface area contributed by atoms with Crippen molar-refractivity contribution in [3.8, 4) is 0 Å². The number of rotatable bonds is 1. The van der Waals surface area contributed by atoms with Crippen molar-refractivity contribution in [2.75, 3.05) is 0 Å². The van der Waals surface area contributed by atoms with Crippen molar-refractivity contribution in [1.82, 2.24) is 9.61 Å². The third-order valence-electron chi connectivity index (χ3n) is 1.70. The van der Waals surface area contributed by atoms with Crippen LogP contribution in [-0.4, -0.2) is 9.61 Å². The van der Waals surface area contributed by atoms with E-state index in [2.05, 4.69) is 11.7 Å². The van der Waals surface area contributed by atoms with Gasteiger partial charge in [0.2, 0.25) is 0 Å². The number of nitrogens with zero attached hydrogens (tertiary/aromatic N) is 2. The Labute approximate surface area is 70.1 Å². The van der Waals surface area contributed by atoms with Gasteiger partial charge < -0.3 is 5.73 Å². The predicted octanol–water partition coefficient (Wildman–Crippen LogP) is 1.26. The molecule has 2 aromatic rings. The Hall–Kier alpha value is -1.77. The Bertz CT molecular complexity index is 395. The molecule has 60 valence electrons. The monoisotopic (exact) mass is 159 g/mol. The highest BCUT2D eigenvalue weighted by atomic mass is 15.2. The first kappa shape index (κ1) is 6.91. The normalized spacial score (nSPS) is 10.3. The van der Waals surface area contributed by atoms with E-state index in [0.29, 0.717) is 5.70 Å². The van der Waals surface area contributed by atoms with Gasteiger partial charge in [0.15, 0.2) is 0 Å². The van der Waals surface area contributed by atoms with Crippen molar-refractivity contribution in [3.05, 3.63) is 42.7 Å². The van der Waals surface area contributed by atoms with Gasteiger partial charge in [-0.25, -0.2) is 4.52 Å². The largest absolute Gasteiger partial charge is 0.397 e. The summed E-state index contributed by atoms with van der Waals surface area (Å²) in [6.45, 7) is 3.62. The Kier molecular flexibility index (Phi) is 1.37. The fourth-order valence-corrected chi connectivity index (χ4v) is 1.10. The molecule has 0 aliphatic carbocycles.